The lowest BCUT2D eigenvalue weighted by atomic mass is 10.0. The van der Waals surface area contributed by atoms with Crippen molar-refractivity contribution in [2.75, 3.05) is 50.2 Å². The smallest absolute Gasteiger partial charge is 0.256 e. The van der Waals surface area contributed by atoms with Crippen LogP contribution in [0.25, 0.3) is 33.8 Å². The highest BCUT2D eigenvalue weighted by molar-refractivity contribution is 6.76. The largest absolute Gasteiger partial charge is 0.497 e. The molecule has 9 nitrogen and oxygen atoms in total. The van der Waals surface area contributed by atoms with Crippen LogP contribution in [0.15, 0.2) is 54.7 Å². The maximum absolute atomic E-state index is 12.9. The summed E-state index contributed by atoms with van der Waals surface area (Å²) in [6, 6.07) is 17.0. The van der Waals surface area contributed by atoms with Crippen molar-refractivity contribution in [3.05, 3.63) is 65.9 Å². The molecule has 0 spiro atoms. The second kappa shape index (κ2) is 11.7. The molecule has 42 heavy (non-hydrogen) atoms. The molecular formula is C32H37N5O4Si. The van der Waals surface area contributed by atoms with Crippen molar-refractivity contribution < 1.29 is 19.0 Å². The molecule has 10 heteroatoms. The van der Waals surface area contributed by atoms with Gasteiger partial charge in [0, 0.05) is 61.7 Å². The number of nitrogens with one attached hydrogen (secondary N) is 1. The van der Waals surface area contributed by atoms with Crippen LogP contribution in [0.4, 0.5) is 11.5 Å². The van der Waals surface area contributed by atoms with Gasteiger partial charge < -0.3 is 24.4 Å². The van der Waals surface area contributed by atoms with Crippen LogP contribution in [0.1, 0.15) is 11.1 Å². The Balaban J connectivity index is 1.35. The fourth-order valence-electron chi connectivity index (χ4n) is 5.23. The van der Waals surface area contributed by atoms with Crippen LogP contribution in [0.5, 0.6) is 5.75 Å². The van der Waals surface area contributed by atoms with Crippen LogP contribution in [0, 0.1) is 0 Å². The monoisotopic (exact) mass is 583 g/mol. The lowest BCUT2D eigenvalue weighted by Crippen LogP contribution is -2.36. The first kappa shape index (κ1) is 28.1. The zero-order valence-corrected chi connectivity index (χ0v) is 25.6. The lowest BCUT2D eigenvalue weighted by Gasteiger charge is -2.27. The summed E-state index contributed by atoms with van der Waals surface area (Å²) < 4.78 is 18.9. The Labute approximate surface area is 247 Å². The van der Waals surface area contributed by atoms with Crippen molar-refractivity contribution in [3.63, 3.8) is 0 Å². The summed E-state index contributed by atoms with van der Waals surface area (Å²) in [5.41, 5.74) is 5.85. The minimum atomic E-state index is -1.22. The second-order valence-corrected chi connectivity index (χ2v) is 17.5. The summed E-state index contributed by atoms with van der Waals surface area (Å²) >= 11 is 0. The normalized spacial score (nSPS) is 16.2. The Morgan fingerprint density at radius 2 is 1.90 bits per heavy atom. The number of methoxy groups -OCH3 is 1. The molecule has 0 radical (unpaired) electrons. The third kappa shape index (κ3) is 5.97. The van der Waals surface area contributed by atoms with Crippen LogP contribution in [-0.2, 0) is 21.0 Å². The molecule has 1 amide bonds. The third-order valence-corrected chi connectivity index (χ3v) is 9.37. The van der Waals surface area contributed by atoms with Gasteiger partial charge in [-0.15, -0.1) is 0 Å². The van der Waals surface area contributed by atoms with Crippen molar-refractivity contribution in [2.24, 2.45) is 0 Å². The summed E-state index contributed by atoms with van der Waals surface area (Å²) in [5.74, 6) is 1.52. The number of rotatable bonds is 9. The molecule has 0 unspecified atom stereocenters. The fourth-order valence-corrected chi connectivity index (χ4v) is 5.99. The van der Waals surface area contributed by atoms with E-state index in [9.17, 15) is 4.79 Å². The maximum atomic E-state index is 12.9. The van der Waals surface area contributed by atoms with E-state index in [0.717, 1.165) is 77.1 Å². The first-order chi connectivity index (χ1) is 20.3. The topological polar surface area (TPSA) is 90.7 Å². The highest BCUT2D eigenvalue weighted by atomic mass is 28.3. The Morgan fingerprint density at radius 1 is 1.07 bits per heavy atom. The summed E-state index contributed by atoms with van der Waals surface area (Å²) in [5, 5.41) is 8.95. The molecule has 4 heterocycles. The number of fused-ring (bicyclic) bond motifs is 2. The van der Waals surface area contributed by atoms with Crippen LogP contribution in [0.2, 0.25) is 25.7 Å². The quantitative estimate of drug-likeness (QED) is 0.152. The molecule has 2 aliphatic heterocycles. The van der Waals surface area contributed by atoms with Crippen LogP contribution < -0.4 is 15.0 Å². The van der Waals surface area contributed by atoms with Gasteiger partial charge in [0.2, 0.25) is 0 Å². The van der Waals surface area contributed by atoms with E-state index in [2.05, 4.69) is 54.1 Å². The van der Waals surface area contributed by atoms with E-state index in [0.29, 0.717) is 24.7 Å². The molecular weight excluding hydrogens is 546 g/mol. The fraction of sp³-hybridized carbons (Fsp3) is 0.344. The van der Waals surface area contributed by atoms with Crippen molar-refractivity contribution in [3.8, 4) is 17.0 Å². The molecule has 2 aliphatic rings. The van der Waals surface area contributed by atoms with Crippen LogP contribution in [0.3, 0.4) is 0 Å². The summed E-state index contributed by atoms with van der Waals surface area (Å²) in [6.45, 7) is 11.2. The van der Waals surface area contributed by atoms with Crippen LogP contribution in [-0.4, -0.2) is 68.8 Å². The van der Waals surface area contributed by atoms with E-state index in [-0.39, 0.29) is 5.91 Å². The number of carbonyl (C=O) groups is 1. The molecule has 0 aliphatic carbocycles. The van der Waals surface area contributed by atoms with E-state index in [1.807, 2.05) is 41.2 Å². The minimum absolute atomic E-state index is 0.131. The Bertz CT molecular complexity index is 1640. The summed E-state index contributed by atoms with van der Waals surface area (Å²) in [6.07, 6.45) is 3.81. The maximum Gasteiger partial charge on any atom is 0.256 e. The molecule has 1 fully saturated rings. The second-order valence-electron chi connectivity index (χ2n) is 11.9. The van der Waals surface area contributed by atoms with Gasteiger partial charge in [0.15, 0.2) is 0 Å². The van der Waals surface area contributed by atoms with Crippen LogP contribution >= 0.6 is 0 Å². The van der Waals surface area contributed by atoms with Gasteiger partial charge in [-0.05, 0) is 60.1 Å². The number of aromatic nitrogens is 3. The van der Waals surface area contributed by atoms with Gasteiger partial charge in [0.05, 0.1) is 25.8 Å². The van der Waals surface area contributed by atoms with E-state index in [1.165, 1.54) is 0 Å². The van der Waals surface area contributed by atoms with E-state index >= 15 is 0 Å². The average Bonchev–Trinajstić information content (AvgIpc) is 3.51. The van der Waals surface area contributed by atoms with Crippen molar-refractivity contribution >= 4 is 48.0 Å². The van der Waals surface area contributed by atoms with E-state index < -0.39 is 8.07 Å². The Morgan fingerprint density at radius 3 is 2.64 bits per heavy atom. The number of ether oxygens (including phenoxy) is 3. The molecule has 0 atom stereocenters. The SMILES string of the molecule is COc1ccc2c(c1)/C(=C\c1ccc3c(-c4ccc(N5CCOCC5)nc4)nn(COCC[Si](C)(C)C)c3c1)C(=O)N2. The van der Waals surface area contributed by atoms with E-state index in [1.54, 1.807) is 7.11 Å². The molecule has 2 aromatic heterocycles. The number of anilines is 2. The van der Waals surface area contributed by atoms with Gasteiger partial charge in [-0.1, -0.05) is 25.7 Å². The van der Waals surface area contributed by atoms with Gasteiger partial charge in [-0.25, -0.2) is 9.67 Å². The number of nitrogens with zero attached hydrogens (tertiary/aromatic N) is 4. The molecule has 0 bridgehead atoms. The summed E-state index contributed by atoms with van der Waals surface area (Å²) in [4.78, 5) is 19.9. The van der Waals surface area contributed by atoms with Crippen molar-refractivity contribution in [1.29, 1.82) is 0 Å². The molecule has 218 valence electrons. The Kier molecular flexibility index (Phi) is 7.85. The molecule has 4 aromatic rings. The van der Waals surface area contributed by atoms with Crippen molar-refractivity contribution in [2.45, 2.75) is 32.4 Å². The highest BCUT2D eigenvalue weighted by Gasteiger charge is 2.25. The van der Waals surface area contributed by atoms with E-state index in [4.69, 9.17) is 24.3 Å². The number of morpholine rings is 1. The van der Waals surface area contributed by atoms with Crippen molar-refractivity contribution in [1.82, 2.24) is 14.8 Å². The number of carbonyl (C=O) groups excluding carboxylic acids is 1. The molecule has 1 saturated heterocycles. The Hall–Kier alpha value is -3.99. The number of pyridine rings is 1. The van der Waals surface area contributed by atoms with Gasteiger partial charge in [0.1, 0.15) is 24.0 Å². The molecule has 1 N–H and O–H groups in total. The van der Waals surface area contributed by atoms with Gasteiger partial charge in [-0.3, -0.25) is 4.79 Å². The van der Waals surface area contributed by atoms with Gasteiger partial charge >= 0.3 is 0 Å². The number of hydrogen-bond acceptors (Lipinski definition) is 7. The van der Waals surface area contributed by atoms with Gasteiger partial charge in [0.25, 0.3) is 5.91 Å². The highest BCUT2D eigenvalue weighted by Crippen LogP contribution is 2.36. The first-order valence-corrected chi connectivity index (χ1v) is 18.1. The predicted molar refractivity (Wildman–Crippen MR) is 170 cm³/mol. The summed E-state index contributed by atoms with van der Waals surface area (Å²) in [7, 11) is 0.406. The average molecular weight is 584 g/mol. The lowest BCUT2D eigenvalue weighted by molar-refractivity contribution is -0.110. The molecule has 6 rings (SSSR count). The standard InChI is InChI=1S/C32H37N5O4Si/c1-39-24-7-9-28-26(19-24)27(32(38)34-28)17-22-5-8-25-29(18-22)37(21-41-15-16-42(2,3)4)35-31(25)23-6-10-30(33-20-23)36-11-13-40-14-12-36/h5-10,17-20H,11-16,21H2,1-4H3,(H,34,38)/b27-17+. The third-order valence-electron chi connectivity index (χ3n) is 7.66. The molecule has 2 aromatic carbocycles. The zero-order valence-electron chi connectivity index (χ0n) is 24.6. The number of hydrogen-bond donors (Lipinski definition) is 1. The number of benzene rings is 2. The van der Waals surface area contributed by atoms with Gasteiger partial charge in [-0.2, -0.15) is 5.10 Å². The minimum Gasteiger partial charge on any atom is -0.497 e. The zero-order chi connectivity index (χ0) is 29.3. The molecule has 0 saturated carbocycles. The predicted octanol–water partition coefficient (Wildman–Crippen LogP) is 5.75. The first-order valence-electron chi connectivity index (χ1n) is 14.4. The number of amides is 1.